The number of benzene rings is 2. The van der Waals surface area contributed by atoms with Gasteiger partial charge in [0.1, 0.15) is 0 Å². The Morgan fingerprint density at radius 3 is 1.89 bits per heavy atom. The van der Waals surface area contributed by atoms with Crippen LogP contribution in [0.2, 0.25) is 0 Å². The lowest BCUT2D eigenvalue weighted by Gasteiger charge is -2.11. The van der Waals surface area contributed by atoms with Crippen molar-refractivity contribution in [2.75, 3.05) is 0 Å². The largest absolute Gasteiger partial charge is 0.218 e. The molecule has 0 fully saturated rings. The van der Waals surface area contributed by atoms with Gasteiger partial charge in [-0.1, -0.05) is 29.8 Å². The average Bonchev–Trinajstić information content (AvgIpc) is 2.31. The van der Waals surface area contributed by atoms with Gasteiger partial charge in [0, 0.05) is 0 Å². The van der Waals surface area contributed by atoms with Crippen LogP contribution in [-0.4, -0.2) is 8.42 Å². The van der Waals surface area contributed by atoms with Gasteiger partial charge in [-0.2, -0.15) is 0 Å². The van der Waals surface area contributed by atoms with Gasteiger partial charge < -0.3 is 0 Å². The van der Waals surface area contributed by atoms with Gasteiger partial charge >= 0.3 is 0 Å². The second-order valence-corrected chi connectivity index (χ2v) is 6.93. The van der Waals surface area contributed by atoms with E-state index in [9.17, 15) is 8.42 Å². The SMILES string of the molecule is Cc1ccc(S(=O)(=O)c2cc(C)ccc2C)c(C)c1. The van der Waals surface area contributed by atoms with Crippen molar-refractivity contribution in [1.29, 1.82) is 0 Å². The summed E-state index contributed by atoms with van der Waals surface area (Å²) in [6, 6.07) is 11.0. The van der Waals surface area contributed by atoms with Crippen molar-refractivity contribution in [3.63, 3.8) is 0 Å². The van der Waals surface area contributed by atoms with E-state index in [1.165, 1.54) is 0 Å². The molecule has 0 saturated carbocycles. The summed E-state index contributed by atoms with van der Waals surface area (Å²) in [6.45, 7) is 7.53. The molecule has 0 aromatic heterocycles. The van der Waals surface area contributed by atoms with Crippen LogP contribution in [0.3, 0.4) is 0 Å². The zero-order valence-electron chi connectivity index (χ0n) is 11.7. The molecule has 0 spiro atoms. The predicted molar refractivity (Wildman–Crippen MR) is 77.3 cm³/mol. The Bertz CT molecular complexity index is 728. The summed E-state index contributed by atoms with van der Waals surface area (Å²) < 4.78 is 25.5. The molecule has 3 heteroatoms. The topological polar surface area (TPSA) is 34.1 Å². The second kappa shape index (κ2) is 4.82. The highest BCUT2D eigenvalue weighted by Crippen LogP contribution is 2.27. The highest BCUT2D eigenvalue weighted by molar-refractivity contribution is 7.91. The van der Waals surface area contributed by atoms with Gasteiger partial charge in [0.2, 0.25) is 9.84 Å². The molecule has 2 aromatic rings. The summed E-state index contributed by atoms with van der Waals surface area (Å²) >= 11 is 0. The number of rotatable bonds is 2. The van der Waals surface area contributed by atoms with Crippen LogP contribution >= 0.6 is 0 Å². The van der Waals surface area contributed by atoms with E-state index < -0.39 is 9.84 Å². The van der Waals surface area contributed by atoms with Crippen LogP contribution in [0.1, 0.15) is 22.3 Å². The zero-order valence-corrected chi connectivity index (χ0v) is 12.5. The maximum atomic E-state index is 12.7. The Hall–Kier alpha value is -1.61. The Kier molecular flexibility index (Phi) is 3.50. The van der Waals surface area contributed by atoms with Gasteiger partial charge in [-0.15, -0.1) is 0 Å². The van der Waals surface area contributed by atoms with E-state index in [-0.39, 0.29) is 0 Å². The molecule has 2 aromatic carbocycles. The Morgan fingerprint density at radius 1 is 0.684 bits per heavy atom. The lowest BCUT2D eigenvalue weighted by molar-refractivity contribution is 0.595. The fourth-order valence-corrected chi connectivity index (χ4v) is 4.02. The van der Waals surface area contributed by atoms with Crippen LogP contribution in [0, 0.1) is 27.7 Å². The lowest BCUT2D eigenvalue weighted by atomic mass is 10.2. The molecule has 0 bridgehead atoms. The number of aryl methyl sites for hydroxylation is 4. The van der Waals surface area contributed by atoms with Crippen molar-refractivity contribution in [1.82, 2.24) is 0 Å². The number of hydrogen-bond donors (Lipinski definition) is 0. The molecule has 2 rings (SSSR count). The van der Waals surface area contributed by atoms with Crippen LogP contribution in [0.15, 0.2) is 46.2 Å². The van der Waals surface area contributed by atoms with E-state index in [0.717, 1.165) is 22.3 Å². The Balaban J connectivity index is 2.69. The van der Waals surface area contributed by atoms with Crippen molar-refractivity contribution in [2.24, 2.45) is 0 Å². The minimum Gasteiger partial charge on any atom is -0.218 e. The molecule has 0 aliphatic heterocycles. The number of hydrogen-bond acceptors (Lipinski definition) is 2. The minimum atomic E-state index is -3.44. The maximum Gasteiger partial charge on any atom is 0.207 e. The van der Waals surface area contributed by atoms with Gasteiger partial charge in [-0.3, -0.25) is 0 Å². The molecule has 0 aliphatic carbocycles. The van der Waals surface area contributed by atoms with Crippen molar-refractivity contribution in [2.45, 2.75) is 37.5 Å². The highest BCUT2D eigenvalue weighted by atomic mass is 32.2. The fourth-order valence-electron chi connectivity index (χ4n) is 2.22. The fraction of sp³-hybridized carbons (Fsp3) is 0.250. The Labute approximate surface area is 115 Å². The monoisotopic (exact) mass is 274 g/mol. The van der Waals surface area contributed by atoms with Crippen LogP contribution in [0.4, 0.5) is 0 Å². The molecular weight excluding hydrogens is 256 g/mol. The molecule has 19 heavy (non-hydrogen) atoms. The third-order valence-corrected chi connectivity index (χ3v) is 5.31. The molecule has 0 radical (unpaired) electrons. The van der Waals surface area contributed by atoms with Crippen LogP contribution in [0.5, 0.6) is 0 Å². The highest BCUT2D eigenvalue weighted by Gasteiger charge is 2.21. The van der Waals surface area contributed by atoms with Gasteiger partial charge in [-0.05, 0) is 56.5 Å². The first kappa shape index (κ1) is 13.8. The standard InChI is InChI=1S/C16H18O2S/c1-11-6-8-15(14(4)9-11)19(17,18)16-10-12(2)5-7-13(16)3/h5-10H,1-4H3. The first-order chi connectivity index (χ1) is 8.82. The zero-order chi connectivity index (χ0) is 14.2. The quantitative estimate of drug-likeness (QED) is 0.835. The molecule has 0 heterocycles. The molecule has 0 atom stereocenters. The molecule has 0 amide bonds. The molecule has 100 valence electrons. The molecular formula is C16H18O2S. The van der Waals surface area contributed by atoms with Crippen molar-refractivity contribution >= 4 is 9.84 Å². The molecule has 0 aliphatic rings. The van der Waals surface area contributed by atoms with Gasteiger partial charge in [0.15, 0.2) is 0 Å². The first-order valence-corrected chi connectivity index (χ1v) is 7.70. The number of sulfone groups is 1. The summed E-state index contributed by atoms with van der Waals surface area (Å²) in [6.07, 6.45) is 0. The van der Waals surface area contributed by atoms with E-state index in [0.29, 0.717) is 9.79 Å². The van der Waals surface area contributed by atoms with Gasteiger partial charge in [0.25, 0.3) is 0 Å². The van der Waals surface area contributed by atoms with Gasteiger partial charge in [0.05, 0.1) is 9.79 Å². The first-order valence-electron chi connectivity index (χ1n) is 6.22. The maximum absolute atomic E-state index is 12.7. The molecule has 0 N–H and O–H groups in total. The van der Waals surface area contributed by atoms with E-state index in [2.05, 4.69) is 0 Å². The molecule has 2 nitrogen and oxygen atoms in total. The summed E-state index contributed by atoms with van der Waals surface area (Å²) in [5.74, 6) is 0. The van der Waals surface area contributed by atoms with Gasteiger partial charge in [-0.25, -0.2) is 8.42 Å². The summed E-state index contributed by atoms with van der Waals surface area (Å²) in [5, 5.41) is 0. The van der Waals surface area contributed by atoms with Crippen LogP contribution < -0.4 is 0 Å². The summed E-state index contributed by atoms with van der Waals surface area (Å²) in [5.41, 5.74) is 3.60. The third-order valence-electron chi connectivity index (χ3n) is 3.25. The van der Waals surface area contributed by atoms with E-state index in [4.69, 9.17) is 0 Å². The second-order valence-electron chi connectivity index (χ2n) is 5.04. The third kappa shape index (κ3) is 2.56. The Morgan fingerprint density at radius 2 is 1.26 bits per heavy atom. The molecule has 0 unspecified atom stereocenters. The normalized spacial score (nSPS) is 11.6. The predicted octanol–water partition coefficient (Wildman–Crippen LogP) is 3.75. The summed E-state index contributed by atoms with van der Waals surface area (Å²) in [4.78, 5) is 0.797. The van der Waals surface area contributed by atoms with E-state index in [1.807, 2.05) is 52.0 Å². The van der Waals surface area contributed by atoms with E-state index in [1.54, 1.807) is 12.1 Å². The molecule has 0 saturated heterocycles. The van der Waals surface area contributed by atoms with Crippen molar-refractivity contribution < 1.29 is 8.42 Å². The van der Waals surface area contributed by atoms with Crippen molar-refractivity contribution in [3.8, 4) is 0 Å². The summed E-state index contributed by atoms with van der Waals surface area (Å²) in [7, 11) is -3.44. The minimum absolute atomic E-state index is 0.395. The average molecular weight is 274 g/mol. The van der Waals surface area contributed by atoms with E-state index >= 15 is 0 Å². The van der Waals surface area contributed by atoms with Crippen LogP contribution in [0.25, 0.3) is 0 Å². The lowest BCUT2D eigenvalue weighted by Crippen LogP contribution is -2.06. The van der Waals surface area contributed by atoms with Crippen molar-refractivity contribution in [3.05, 3.63) is 58.7 Å². The van der Waals surface area contributed by atoms with Crippen LogP contribution in [-0.2, 0) is 9.84 Å². The smallest absolute Gasteiger partial charge is 0.207 e.